The molecule has 20 heavy (non-hydrogen) atoms. The molecular weight excluding hydrogens is 246 g/mol. The van der Waals surface area contributed by atoms with Gasteiger partial charge in [-0.2, -0.15) is 0 Å². The van der Waals surface area contributed by atoms with E-state index in [1.165, 1.54) is 23.1 Å². The van der Waals surface area contributed by atoms with E-state index in [0.717, 1.165) is 18.6 Å². The van der Waals surface area contributed by atoms with Crippen LogP contribution < -0.4 is 10.5 Å². The molecule has 0 spiro atoms. The largest absolute Gasteiger partial charge is 0.490 e. The van der Waals surface area contributed by atoms with E-state index < -0.39 is 0 Å². The third-order valence-electron chi connectivity index (χ3n) is 4.68. The average molecular weight is 271 g/mol. The van der Waals surface area contributed by atoms with Crippen molar-refractivity contribution in [2.45, 2.75) is 52.2 Å². The number of hydrogen-bond acceptors (Lipinski definition) is 2. The van der Waals surface area contributed by atoms with Crippen molar-refractivity contribution in [1.82, 2.24) is 0 Å². The van der Waals surface area contributed by atoms with Gasteiger partial charge in [0.15, 0.2) is 0 Å². The molecule has 4 atom stereocenters. The molecule has 1 aliphatic carbocycles. The molecule has 0 saturated carbocycles. The molecule has 2 nitrogen and oxygen atoms in total. The minimum Gasteiger partial charge on any atom is -0.490 e. The highest BCUT2D eigenvalue weighted by Crippen LogP contribution is 2.40. The fourth-order valence-electron chi connectivity index (χ4n) is 3.82. The Labute approximate surface area is 122 Å². The van der Waals surface area contributed by atoms with Crippen LogP contribution in [-0.2, 0) is 0 Å². The molecule has 0 amide bonds. The zero-order valence-electron chi connectivity index (χ0n) is 12.7. The number of fused-ring (bicyclic) bond motifs is 1. The Bertz CT molecular complexity index is 534. The summed E-state index contributed by atoms with van der Waals surface area (Å²) >= 11 is 0. The molecule has 1 aromatic carbocycles. The van der Waals surface area contributed by atoms with E-state index >= 15 is 0 Å². The Morgan fingerprint density at radius 2 is 2.00 bits per heavy atom. The smallest absolute Gasteiger partial charge is 0.124 e. The predicted molar refractivity (Wildman–Crippen MR) is 82.8 cm³/mol. The van der Waals surface area contributed by atoms with Crippen LogP contribution in [0.4, 0.5) is 0 Å². The van der Waals surface area contributed by atoms with Crippen molar-refractivity contribution in [1.29, 1.82) is 0 Å². The zero-order valence-corrected chi connectivity index (χ0v) is 12.7. The van der Waals surface area contributed by atoms with Crippen molar-refractivity contribution < 1.29 is 4.74 Å². The first kappa shape index (κ1) is 13.7. The van der Waals surface area contributed by atoms with Crippen LogP contribution in [0.3, 0.4) is 0 Å². The van der Waals surface area contributed by atoms with Crippen LogP contribution in [0.5, 0.6) is 5.75 Å². The Morgan fingerprint density at radius 3 is 2.75 bits per heavy atom. The molecule has 0 saturated heterocycles. The van der Waals surface area contributed by atoms with Gasteiger partial charge in [0, 0.05) is 23.9 Å². The van der Waals surface area contributed by atoms with Crippen LogP contribution in [0, 0.1) is 18.8 Å². The monoisotopic (exact) mass is 271 g/mol. The highest BCUT2D eigenvalue weighted by atomic mass is 16.5. The summed E-state index contributed by atoms with van der Waals surface area (Å²) in [6.07, 6.45) is 5.99. The molecule has 1 aliphatic heterocycles. The van der Waals surface area contributed by atoms with Gasteiger partial charge >= 0.3 is 0 Å². The number of allylic oxidation sites excluding steroid dienone is 2. The lowest BCUT2D eigenvalue weighted by molar-refractivity contribution is 0.0858. The van der Waals surface area contributed by atoms with Crippen LogP contribution >= 0.6 is 0 Å². The topological polar surface area (TPSA) is 35.2 Å². The maximum Gasteiger partial charge on any atom is 0.124 e. The third kappa shape index (κ3) is 2.62. The lowest BCUT2D eigenvalue weighted by Gasteiger charge is -2.38. The van der Waals surface area contributed by atoms with Gasteiger partial charge in [0.25, 0.3) is 0 Å². The Kier molecular flexibility index (Phi) is 3.59. The molecule has 1 heterocycles. The SMILES string of the molecule is CC1=CC(C)CC(C2C[C@@H](N)c3cc(C)ccc3O2)C1. The molecule has 108 valence electrons. The van der Waals surface area contributed by atoms with Crippen molar-refractivity contribution in [2.75, 3.05) is 0 Å². The van der Waals surface area contributed by atoms with Crippen molar-refractivity contribution >= 4 is 0 Å². The van der Waals surface area contributed by atoms with Gasteiger partial charge in [0.1, 0.15) is 11.9 Å². The lowest BCUT2D eigenvalue weighted by atomic mass is 9.77. The Hall–Kier alpha value is -1.28. The number of rotatable bonds is 1. The van der Waals surface area contributed by atoms with Crippen LogP contribution in [0.1, 0.15) is 50.3 Å². The number of aryl methyl sites for hydroxylation is 1. The van der Waals surface area contributed by atoms with Crippen molar-refractivity contribution in [2.24, 2.45) is 17.6 Å². The van der Waals surface area contributed by atoms with Gasteiger partial charge in [-0.1, -0.05) is 36.3 Å². The second-order valence-electron chi connectivity index (χ2n) is 6.73. The fraction of sp³-hybridized carbons (Fsp3) is 0.556. The standard InChI is InChI=1S/C18H25NO/c1-11-4-5-17-15(9-11)16(19)10-18(20-17)14-7-12(2)6-13(3)8-14/h4-6,9,12,14,16,18H,7-8,10,19H2,1-3H3/t12?,14?,16-,18?/m1/s1. The summed E-state index contributed by atoms with van der Waals surface area (Å²) < 4.78 is 6.29. The molecule has 2 aliphatic rings. The summed E-state index contributed by atoms with van der Waals surface area (Å²) in [5, 5.41) is 0. The maximum atomic E-state index is 6.39. The van der Waals surface area contributed by atoms with Gasteiger partial charge in [-0.15, -0.1) is 0 Å². The van der Waals surface area contributed by atoms with Crippen molar-refractivity contribution in [3.63, 3.8) is 0 Å². The van der Waals surface area contributed by atoms with E-state index in [9.17, 15) is 0 Å². The van der Waals surface area contributed by atoms with E-state index in [1.807, 2.05) is 0 Å². The number of benzene rings is 1. The van der Waals surface area contributed by atoms with Crippen molar-refractivity contribution in [3.05, 3.63) is 41.0 Å². The first-order valence-electron chi connectivity index (χ1n) is 7.73. The van der Waals surface area contributed by atoms with Crippen molar-refractivity contribution in [3.8, 4) is 5.75 Å². The highest BCUT2D eigenvalue weighted by molar-refractivity contribution is 5.40. The van der Waals surface area contributed by atoms with Gasteiger partial charge < -0.3 is 10.5 Å². The summed E-state index contributed by atoms with van der Waals surface area (Å²) in [5.41, 5.74) is 10.3. The molecule has 0 fully saturated rings. The van der Waals surface area contributed by atoms with E-state index in [2.05, 4.69) is 45.0 Å². The number of ether oxygens (including phenoxy) is 1. The van der Waals surface area contributed by atoms with E-state index in [0.29, 0.717) is 11.8 Å². The van der Waals surface area contributed by atoms with Gasteiger partial charge in [-0.05, 0) is 38.7 Å². The Morgan fingerprint density at radius 1 is 1.20 bits per heavy atom. The molecular formula is C18H25NO. The summed E-state index contributed by atoms with van der Waals surface area (Å²) in [6, 6.07) is 6.49. The molecule has 0 aromatic heterocycles. The predicted octanol–water partition coefficient (Wildman–Crippen LogP) is 4.14. The minimum absolute atomic E-state index is 0.116. The zero-order chi connectivity index (χ0) is 14.3. The lowest BCUT2D eigenvalue weighted by Crippen LogP contribution is -2.37. The van der Waals surface area contributed by atoms with Gasteiger partial charge in [0.2, 0.25) is 0 Å². The van der Waals surface area contributed by atoms with Gasteiger partial charge in [-0.25, -0.2) is 0 Å². The summed E-state index contributed by atoms with van der Waals surface area (Å²) in [4.78, 5) is 0. The summed E-state index contributed by atoms with van der Waals surface area (Å²) in [6.45, 7) is 6.65. The van der Waals surface area contributed by atoms with E-state index in [4.69, 9.17) is 10.5 Å². The second-order valence-corrected chi connectivity index (χ2v) is 6.73. The average Bonchev–Trinajstić information content (AvgIpc) is 2.38. The van der Waals surface area contributed by atoms with Gasteiger partial charge in [-0.3, -0.25) is 0 Å². The third-order valence-corrected chi connectivity index (χ3v) is 4.68. The van der Waals surface area contributed by atoms with E-state index in [1.54, 1.807) is 0 Å². The van der Waals surface area contributed by atoms with Crippen LogP contribution in [0.25, 0.3) is 0 Å². The number of hydrogen-bond donors (Lipinski definition) is 1. The van der Waals surface area contributed by atoms with Crippen LogP contribution in [-0.4, -0.2) is 6.10 Å². The molecule has 3 rings (SSSR count). The minimum atomic E-state index is 0.116. The quantitative estimate of drug-likeness (QED) is 0.779. The molecule has 2 heteroatoms. The van der Waals surface area contributed by atoms with Crippen LogP contribution in [0.15, 0.2) is 29.8 Å². The molecule has 0 radical (unpaired) electrons. The van der Waals surface area contributed by atoms with E-state index in [-0.39, 0.29) is 12.1 Å². The molecule has 0 bridgehead atoms. The molecule has 1 aromatic rings. The second kappa shape index (κ2) is 5.25. The fourth-order valence-corrected chi connectivity index (χ4v) is 3.82. The Balaban J connectivity index is 1.81. The maximum absolute atomic E-state index is 6.39. The first-order chi connectivity index (χ1) is 9.52. The van der Waals surface area contributed by atoms with Crippen LogP contribution in [0.2, 0.25) is 0 Å². The number of nitrogens with two attached hydrogens (primary N) is 1. The van der Waals surface area contributed by atoms with Gasteiger partial charge in [0.05, 0.1) is 0 Å². The molecule has 3 unspecified atom stereocenters. The molecule has 2 N–H and O–H groups in total. The summed E-state index contributed by atoms with van der Waals surface area (Å²) in [7, 11) is 0. The normalized spacial score (nSPS) is 33.1. The highest BCUT2D eigenvalue weighted by Gasteiger charge is 2.33. The summed E-state index contributed by atoms with van der Waals surface area (Å²) in [5.74, 6) is 2.27. The first-order valence-corrected chi connectivity index (χ1v) is 7.73.